The highest BCUT2D eigenvalue weighted by Crippen LogP contribution is 2.42. The first kappa shape index (κ1) is 15.6. The van der Waals surface area contributed by atoms with Gasteiger partial charge in [0.2, 0.25) is 0 Å². The lowest BCUT2D eigenvalue weighted by Crippen LogP contribution is -2.51. The van der Waals surface area contributed by atoms with Crippen molar-refractivity contribution in [2.24, 2.45) is 0 Å². The van der Waals surface area contributed by atoms with Gasteiger partial charge in [0.1, 0.15) is 0 Å². The second-order valence-electron chi connectivity index (χ2n) is 4.70. The van der Waals surface area contributed by atoms with Crippen molar-refractivity contribution < 1.29 is 14.3 Å². The highest BCUT2D eigenvalue weighted by atomic mass is 32.2. The molecule has 0 saturated heterocycles. The van der Waals surface area contributed by atoms with Gasteiger partial charge in [0.15, 0.2) is 4.87 Å². The molecule has 1 amide bonds. The molecule has 0 bridgehead atoms. The maximum Gasteiger partial charge on any atom is 0.343 e. The minimum Gasteiger partial charge on any atom is -0.464 e. The van der Waals surface area contributed by atoms with Gasteiger partial charge in [-0.3, -0.25) is 4.79 Å². The summed E-state index contributed by atoms with van der Waals surface area (Å²) in [7, 11) is 0. The summed E-state index contributed by atoms with van der Waals surface area (Å²) in [5.41, 5.74) is 0.534. The largest absolute Gasteiger partial charge is 0.464 e. The number of carbonyl (C=O) groups is 2. The summed E-state index contributed by atoms with van der Waals surface area (Å²) in [4.78, 5) is 24.7. The molecule has 1 aliphatic heterocycles. The normalized spacial score (nSPS) is 20.8. The van der Waals surface area contributed by atoms with E-state index in [2.05, 4.69) is 5.32 Å². The van der Waals surface area contributed by atoms with E-state index in [-0.39, 0.29) is 11.9 Å². The maximum absolute atomic E-state index is 12.4. The van der Waals surface area contributed by atoms with E-state index in [4.69, 9.17) is 4.74 Å². The van der Waals surface area contributed by atoms with Gasteiger partial charge in [-0.05, 0) is 30.4 Å². The summed E-state index contributed by atoms with van der Waals surface area (Å²) in [5.74, 6) is -0.652. The van der Waals surface area contributed by atoms with Crippen LogP contribution in [0.3, 0.4) is 0 Å². The number of amides is 1. The third-order valence-corrected chi connectivity index (χ3v) is 4.73. The maximum atomic E-state index is 12.4. The fraction of sp³-hybridized carbons (Fsp3) is 0.375. The van der Waals surface area contributed by atoms with Crippen LogP contribution in [0.5, 0.6) is 0 Å². The summed E-state index contributed by atoms with van der Waals surface area (Å²) >= 11 is 1.38. The quantitative estimate of drug-likeness (QED) is 0.849. The average Bonchev–Trinajstić information content (AvgIpc) is 2.93. The number of allylic oxidation sites excluding steroid dienone is 1. The molecule has 0 radical (unpaired) electrons. The fourth-order valence-electron chi connectivity index (χ4n) is 2.13. The second-order valence-corrected chi connectivity index (χ2v) is 6.12. The van der Waals surface area contributed by atoms with Gasteiger partial charge in [-0.2, -0.15) is 0 Å². The predicted molar refractivity (Wildman–Crippen MR) is 83.9 cm³/mol. The van der Waals surface area contributed by atoms with E-state index < -0.39 is 4.87 Å². The molecule has 0 spiro atoms. The van der Waals surface area contributed by atoms with E-state index in [9.17, 15) is 9.59 Å². The molecule has 1 aromatic carbocycles. The Bertz CT molecular complexity index is 556. The Morgan fingerprint density at radius 1 is 1.29 bits per heavy atom. The zero-order valence-electron chi connectivity index (χ0n) is 12.2. The molecular formula is C16H19NO3S. The number of hydrogen-bond acceptors (Lipinski definition) is 4. The van der Waals surface area contributed by atoms with Gasteiger partial charge in [-0.15, -0.1) is 0 Å². The Morgan fingerprint density at radius 2 is 2.00 bits per heavy atom. The highest BCUT2D eigenvalue weighted by molar-refractivity contribution is 8.05. The van der Waals surface area contributed by atoms with Crippen molar-refractivity contribution in [2.75, 3.05) is 6.61 Å². The molecule has 2 rings (SSSR count). The van der Waals surface area contributed by atoms with Crippen molar-refractivity contribution in [1.82, 2.24) is 5.32 Å². The standard InChI is InChI=1S/C16H19NO3S/c1-3-13-10-11-16(21-13,15(19)20-4-2)17-14(18)12-8-6-5-7-9-12/h5-10H,3-4,11H2,1-2H3,(H,17,18). The molecule has 1 aromatic rings. The van der Waals surface area contributed by atoms with Crippen LogP contribution < -0.4 is 5.32 Å². The lowest BCUT2D eigenvalue weighted by molar-refractivity contribution is -0.146. The van der Waals surface area contributed by atoms with Crippen LogP contribution in [0.2, 0.25) is 0 Å². The minimum absolute atomic E-state index is 0.262. The average molecular weight is 305 g/mol. The number of nitrogens with one attached hydrogen (secondary N) is 1. The molecule has 0 saturated carbocycles. The van der Waals surface area contributed by atoms with Crippen LogP contribution in [0.1, 0.15) is 37.0 Å². The first-order valence-corrected chi connectivity index (χ1v) is 7.85. The number of esters is 1. The third kappa shape index (κ3) is 3.47. The predicted octanol–water partition coefficient (Wildman–Crippen LogP) is 3.11. The molecular weight excluding hydrogens is 286 g/mol. The van der Waals surface area contributed by atoms with E-state index in [0.29, 0.717) is 18.6 Å². The first-order chi connectivity index (χ1) is 10.1. The van der Waals surface area contributed by atoms with E-state index >= 15 is 0 Å². The van der Waals surface area contributed by atoms with Crippen molar-refractivity contribution in [3.63, 3.8) is 0 Å². The molecule has 4 nitrogen and oxygen atoms in total. The number of hydrogen-bond donors (Lipinski definition) is 1. The van der Waals surface area contributed by atoms with Crippen molar-refractivity contribution >= 4 is 23.6 Å². The van der Waals surface area contributed by atoms with Crippen LogP contribution >= 0.6 is 11.8 Å². The summed E-state index contributed by atoms with van der Waals surface area (Å²) < 4.78 is 5.15. The number of benzene rings is 1. The van der Waals surface area contributed by atoms with Crippen molar-refractivity contribution in [2.45, 2.75) is 31.6 Å². The topological polar surface area (TPSA) is 55.4 Å². The minimum atomic E-state index is -1.03. The van der Waals surface area contributed by atoms with E-state index in [0.717, 1.165) is 11.3 Å². The Kier molecular flexibility index (Phi) is 5.07. The highest BCUT2D eigenvalue weighted by Gasteiger charge is 2.45. The van der Waals surface area contributed by atoms with Crippen LogP contribution in [0.25, 0.3) is 0 Å². The van der Waals surface area contributed by atoms with Gasteiger partial charge in [0.25, 0.3) is 5.91 Å². The number of carbonyl (C=O) groups excluding carboxylic acids is 2. The summed E-state index contributed by atoms with van der Waals surface area (Å²) in [6, 6.07) is 8.88. The zero-order chi connectivity index (χ0) is 15.3. The lowest BCUT2D eigenvalue weighted by Gasteiger charge is -2.27. The lowest BCUT2D eigenvalue weighted by atomic mass is 10.1. The van der Waals surface area contributed by atoms with Gasteiger partial charge in [0.05, 0.1) is 6.61 Å². The van der Waals surface area contributed by atoms with Gasteiger partial charge in [0, 0.05) is 12.0 Å². The molecule has 5 heteroatoms. The van der Waals surface area contributed by atoms with Crippen molar-refractivity contribution in [3.05, 3.63) is 46.9 Å². The van der Waals surface area contributed by atoms with Gasteiger partial charge in [-0.1, -0.05) is 43.0 Å². The van der Waals surface area contributed by atoms with E-state index in [1.54, 1.807) is 31.2 Å². The summed E-state index contributed by atoms with van der Waals surface area (Å²) in [6.07, 6.45) is 3.29. The van der Waals surface area contributed by atoms with Gasteiger partial charge >= 0.3 is 5.97 Å². The molecule has 1 aliphatic rings. The van der Waals surface area contributed by atoms with Crippen LogP contribution in [-0.2, 0) is 9.53 Å². The SMILES string of the molecule is CCOC(=O)C1(NC(=O)c2ccccc2)CC=C(CC)S1. The van der Waals surface area contributed by atoms with Gasteiger partial charge < -0.3 is 10.1 Å². The molecule has 112 valence electrons. The van der Waals surface area contributed by atoms with Crippen LogP contribution in [0.4, 0.5) is 0 Å². The van der Waals surface area contributed by atoms with Crippen LogP contribution in [0, 0.1) is 0 Å². The Balaban J connectivity index is 2.18. The zero-order valence-corrected chi connectivity index (χ0v) is 13.0. The molecule has 1 N–H and O–H groups in total. The fourth-order valence-corrected chi connectivity index (χ4v) is 3.34. The number of rotatable bonds is 5. The Hall–Kier alpha value is -1.75. The molecule has 1 unspecified atom stereocenters. The number of ether oxygens (including phenoxy) is 1. The van der Waals surface area contributed by atoms with Gasteiger partial charge in [-0.25, -0.2) is 4.79 Å². The molecule has 1 atom stereocenters. The molecule has 0 aromatic heterocycles. The Labute approximate surface area is 128 Å². The summed E-state index contributed by atoms with van der Waals surface area (Å²) in [6.45, 7) is 4.08. The van der Waals surface area contributed by atoms with Crippen molar-refractivity contribution in [1.29, 1.82) is 0 Å². The molecule has 1 heterocycles. The summed E-state index contributed by atoms with van der Waals surface area (Å²) in [5, 5.41) is 2.85. The number of thioether (sulfide) groups is 1. The van der Waals surface area contributed by atoms with E-state index in [1.807, 2.05) is 19.1 Å². The Morgan fingerprint density at radius 3 is 2.57 bits per heavy atom. The first-order valence-electron chi connectivity index (χ1n) is 7.04. The van der Waals surface area contributed by atoms with E-state index in [1.165, 1.54) is 11.8 Å². The smallest absolute Gasteiger partial charge is 0.343 e. The monoisotopic (exact) mass is 305 g/mol. The van der Waals surface area contributed by atoms with Crippen LogP contribution in [0.15, 0.2) is 41.3 Å². The molecule has 0 fully saturated rings. The molecule has 0 aliphatic carbocycles. The third-order valence-electron chi connectivity index (χ3n) is 3.23. The second kappa shape index (κ2) is 6.80. The van der Waals surface area contributed by atoms with Crippen LogP contribution in [-0.4, -0.2) is 23.4 Å². The molecule has 21 heavy (non-hydrogen) atoms. The van der Waals surface area contributed by atoms with Crippen molar-refractivity contribution in [3.8, 4) is 0 Å².